The molecule has 0 spiro atoms. The number of nitrogens with two attached hydrogens (primary N) is 1. The Hall–Kier alpha value is -0.290. The summed E-state index contributed by atoms with van der Waals surface area (Å²) in [7, 11) is 0. The van der Waals surface area contributed by atoms with Crippen molar-refractivity contribution in [3.63, 3.8) is 0 Å². The van der Waals surface area contributed by atoms with Crippen LogP contribution in [0.25, 0.3) is 0 Å². The van der Waals surface area contributed by atoms with E-state index in [9.17, 15) is 13.2 Å². The maximum atomic E-state index is 12.4. The van der Waals surface area contributed by atoms with Crippen LogP contribution >= 0.6 is 0 Å². The summed E-state index contributed by atoms with van der Waals surface area (Å²) in [6.45, 7) is 3.86. The Morgan fingerprint density at radius 1 is 1.31 bits per heavy atom. The van der Waals surface area contributed by atoms with Crippen molar-refractivity contribution in [3.8, 4) is 0 Å². The zero-order chi connectivity index (χ0) is 12.2. The highest BCUT2D eigenvalue weighted by molar-refractivity contribution is 4.79. The van der Waals surface area contributed by atoms with E-state index in [0.29, 0.717) is 13.1 Å². The quantitative estimate of drug-likeness (QED) is 0.814. The van der Waals surface area contributed by atoms with E-state index in [2.05, 4.69) is 11.8 Å². The van der Waals surface area contributed by atoms with E-state index in [-0.39, 0.29) is 18.9 Å². The Bertz CT molecular complexity index is 198. The van der Waals surface area contributed by atoms with E-state index in [1.807, 2.05) is 0 Å². The van der Waals surface area contributed by atoms with Crippen LogP contribution in [0.5, 0.6) is 0 Å². The Kier molecular flexibility index (Phi) is 5.05. The molecule has 0 aromatic carbocycles. The van der Waals surface area contributed by atoms with Gasteiger partial charge < -0.3 is 10.6 Å². The third kappa shape index (κ3) is 4.29. The first-order valence-electron chi connectivity index (χ1n) is 5.98. The van der Waals surface area contributed by atoms with Crippen molar-refractivity contribution < 1.29 is 13.2 Å². The standard InChI is InChI=1S/C11H21F3N2/c1-2-3-10(15)8-16-6-4-9(5-7-16)11(12,13)14/h9-10H,2-8,15H2,1H3. The largest absolute Gasteiger partial charge is 0.391 e. The molecule has 5 heteroatoms. The zero-order valence-electron chi connectivity index (χ0n) is 9.76. The number of piperidine rings is 1. The van der Waals surface area contributed by atoms with E-state index >= 15 is 0 Å². The molecule has 96 valence electrons. The van der Waals surface area contributed by atoms with Gasteiger partial charge in [0.25, 0.3) is 0 Å². The number of likely N-dealkylation sites (tertiary alicyclic amines) is 1. The van der Waals surface area contributed by atoms with Crippen LogP contribution in [-0.2, 0) is 0 Å². The lowest BCUT2D eigenvalue weighted by Crippen LogP contribution is -2.44. The predicted octanol–water partition coefficient (Wildman–Crippen LogP) is 2.39. The molecule has 2 nitrogen and oxygen atoms in total. The molecule has 0 radical (unpaired) electrons. The van der Waals surface area contributed by atoms with Crippen molar-refractivity contribution in [1.29, 1.82) is 0 Å². The van der Waals surface area contributed by atoms with E-state index < -0.39 is 12.1 Å². The number of alkyl halides is 3. The summed E-state index contributed by atoms with van der Waals surface area (Å²) in [5, 5.41) is 0. The molecule has 1 rings (SSSR count). The van der Waals surface area contributed by atoms with Gasteiger partial charge in [0.2, 0.25) is 0 Å². The molecule has 1 aliphatic rings. The first-order chi connectivity index (χ1) is 7.43. The molecule has 0 aromatic rings. The second kappa shape index (κ2) is 5.87. The minimum Gasteiger partial charge on any atom is -0.327 e. The molecule has 1 heterocycles. The average molecular weight is 238 g/mol. The van der Waals surface area contributed by atoms with Gasteiger partial charge in [0.05, 0.1) is 5.92 Å². The molecule has 0 aromatic heterocycles. The summed E-state index contributed by atoms with van der Waals surface area (Å²) in [4.78, 5) is 2.06. The van der Waals surface area contributed by atoms with Gasteiger partial charge in [0.1, 0.15) is 0 Å². The molecule has 1 atom stereocenters. The minimum absolute atomic E-state index is 0.104. The van der Waals surface area contributed by atoms with E-state index in [4.69, 9.17) is 5.73 Å². The lowest BCUT2D eigenvalue weighted by atomic mass is 9.96. The number of nitrogens with zero attached hydrogens (tertiary/aromatic N) is 1. The van der Waals surface area contributed by atoms with Crippen molar-refractivity contribution in [3.05, 3.63) is 0 Å². The highest BCUT2D eigenvalue weighted by atomic mass is 19.4. The fraction of sp³-hybridized carbons (Fsp3) is 1.00. The van der Waals surface area contributed by atoms with Crippen LogP contribution in [0.4, 0.5) is 13.2 Å². The van der Waals surface area contributed by atoms with Crippen LogP contribution in [0.3, 0.4) is 0 Å². The highest BCUT2D eigenvalue weighted by Gasteiger charge is 2.40. The molecule has 1 unspecified atom stereocenters. The van der Waals surface area contributed by atoms with Crippen LogP contribution in [0, 0.1) is 5.92 Å². The Labute approximate surface area is 95.0 Å². The minimum atomic E-state index is -4.02. The van der Waals surface area contributed by atoms with E-state index in [1.165, 1.54) is 0 Å². The van der Waals surface area contributed by atoms with Gasteiger partial charge in [-0.25, -0.2) is 0 Å². The number of halogens is 3. The SMILES string of the molecule is CCCC(N)CN1CCC(C(F)(F)F)CC1. The smallest absolute Gasteiger partial charge is 0.327 e. The van der Waals surface area contributed by atoms with Gasteiger partial charge >= 0.3 is 6.18 Å². The Balaban J connectivity index is 2.27. The molecule has 2 N–H and O–H groups in total. The third-order valence-corrected chi connectivity index (χ3v) is 3.20. The molecule has 0 aliphatic carbocycles. The first-order valence-corrected chi connectivity index (χ1v) is 5.98. The normalized spacial score (nSPS) is 22.3. The van der Waals surface area contributed by atoms with Crippen LogP contribution in [0.15, 0.2) is 0 Å². The summed E-state index contributed by atoms with van der Waals surface area (Å²) in [5.74, 6) is -1.11. The second-order valence-electron chi connectivity index (χ2n) is 4.67. The maximum Gasteiger partial charge on any atom is 0.391 e. The molecule has 1 saturated heterocycles. The summed E-state index contributed by atoms with van der Waals surface area (Å²) >= 11 is 0. The maximum absolute atomic E-state index is 12.4. The van der Waals surface area contributed by atoms with Crippen molar-refractivity contribution in [2.75, 3.05) is 19.6 Å². The summed E-state index contributed by atoms with van der Waals surface area (Å²) < 4.78 is 37.2. The van der Waals surface area contributed by atoms with Gasteiger partial charge in [-0.3, -0.25) is 0 Å². The lowest BCUT2D eigenvalue weighted by molar-refractivity contribution is -0.185. The van der Waals surface area contributed by atoms with Gasteiger partial charge in [0.15, 0.2) is 0 Å². The van der Waals surface area contributed by atoms with Gasteiger partial charge in [0, 0.05) is 12.6 Å². The predicted molar refractivity (Wildman–Crippen MR) is 58.1 cm³/mol. The van der Waals surface area contributed by atoms with Crippen molar-refractivity contribution in [2.24, 2.45) is 11.7 Å². The highest BCUT2D eigenvalue weighted by Crippen LogP contribution is 2.33. The molecular formula is C11H21F3N2. The first kappa shape index (κ1) is 13.8. The molecule has 1 aliphatic heterocycles. The fourth-order valence-corrected chi connectivity index (χ4v) is 2.24. The zero-order valence-corrected chi connectivity index (χ0v) is 9.76. The Morgan fingerprint density at radius 2 is 1.88 bits per heavy atom. The van der Waals surface area contributed by atoms with E-state index in [1.54, 1.807) is 0 Å². The summed E-state index contributed by atoms with van der Waals surface area (Å²) in [5.41, 5.74) is 5.87. The van der Waals surface area contributed by atoms with Crippen LogP contribution in [0.1, 0.15) is 32.6 Å². The fourth-order valence-electron chi connectivity index (χ4n) is 2.24. The monoisotopic (exact) mass is 238 g/mol. The topological polar surface area (TPSA) is 29.3 Å². The Morgan fingerprint density at radius 3 is 2.31 bits per heavy atom. The van der Waals surface area contributed by atoms with Gasteiger partial charge in [-0.2, -0.15) is 13.2 Å². The van der Waals surface area contributed by atoms with Gasteiger partial charge in [-0.15, -0.1) is 0 Å². The molecule has 1 fully saturated rings. The van der Waals surface area contributed by atoms with Crippen molar-refractivity contribution in [2.45, 2.75) is 44.8 Å². The van der Waals surface area contributed by atoms with Crippen molar-refractivity contribution >= 4 is 0 Å². The third-order valence-electron chi connectivity index (χ3n) is 3.20. The molecule has 16 heavy (non-hydrogen) atoms. The number of hydrogen-bond acceptors (Lipinski definition) is 2. The number of hydrogen-bond donors (Lipinski definition) is 1. The number of rotatable bonds is 4. The molecule has 0 amide bonds. The molecule has 0 saturated carbocycles. The van der Waals surface area contributed by atoms with Gasteiger partial charge in [-0.1, -0.05) is 13.3 Å². The lowest BCUT2D eigenvalue weighted by Gasteiger charge is -2.34. The van der Waals surface area contributed by atoms with Crippen LogP contribution in [0.2, 0.25) is 0 Å². The summed E-state index contributed by atoms with van der Waals surface area (Å²) in [6.07, 6.45) is -1.60. The van der Waals surface area contributed by atoms with Crippen molar-refractivity contribution in [1.82, 2.24) is 4.90 Å². The molecular weight excluding hydrogens is 217 g/mol. The summed E-state index contributed by atoms with van der Waals surface area (Å²) in [6, 6.07) is 0.104. The van der Waals surface area contributed by atoms with Gasteiger partial charge in [-0.05, 0) is 32.4 Å². The average Bonchev–Trinajstić information content (AvgIpc) is 2.17. The molecule has 0 bridgehead atoms. The van der Waals surface area contributed by atoms with Crippen LogP contribution in [-0.4, -0.2) is 36.8 Å². The van der Waals surface area contributed by atoms with E-state index in [0.717, 1.165) is 19.4 Å². The van der Waals surface area contributed by atoms with Crippen LogP contribution < -0.4 is 5.73 Å². The second-order valence-corrected chi connectivity index (χ2v) is 4.67.